The number of nitriles is 1. The van der Waals surface area contributed by atoms with E-state index >= 15 is 0 Å². The number of hydrogen-bond donors (Lipinski definition) is 1. The minimum Gasteiger partial charge on any atom is -0.493 e. The van der Waals surface area contributed by atoms with Crippen LogP contribution < -0.4 is 14.8 Å². The molecule has 0 atom stereocenters. The van der Waals surface area contributed by atoms with Gasteiger partial charge >= 0.3 is 0 Å². The molecule has 0 saturated heterocycles. The van der Waals surface area contributed by atoms with Crippen molar-refractivity contribution in [1.29, 1.82) is 5.26 Å². The molecule has 0 aliphatic carbocycles. The summed E-state index contributed by atoms with van der Waals surface area (Å²) in [4.78, 5) is 23.1. The Morgan fingerprint density at radius 3 is 2.73 bits per heavy atom. The molecule has 0 radical (unpaired) electrons. The number of nitro groups is 1. The Bertz CT molecular complexity index is 1250. The lowest BCUT2D eigenvalue weighted by molar-refractivity contribution is -0.385. The van der Waals surface area contributed by atoms with E-state index in [0.29, 0.717) is 34.2 Å². The molecule has 1 amide bonds. The maximum atomic E-state index is 12.4. The lowest BCUT2D eigenvalue weighted by Crippen LogP contribution is -2.13. The molecule has 1 N–H and O–H groups in total. The van der Waals surface area contributed by atoms with Gasteiger partial charge in [0.1, 0.15) is 23.3 Å². The van der Waals surface area contributed by atoms with Gasteiger partial charge < -0.3 is 9.47 Å². The van der Waals surface area contributed by atoms with Crippen LogP contribution in [0, 0.1) is 21.4 Å². The number of para-hydroxylation sites is 1. The van der Waals surface area contributed by atoms with Crippen LogP contribution in [0.15, 0.2) is 48.0 Å². The molecule has 3 rings (SSSR count). The first-order valence-electron chi connectivity index (χ1n) is 9.73. The maximum Gasteiger partial charge on any atom is 0.276 e. The molecule has 33 heavy (non-hydrogen) atoms. The standard InChI is InChI=1S/C22H19N5O5S/c1-3-20-25-26-22(33-20)24-21(28)16(12-23)10-14-8-9-18(19(11-14)31-2)32-13-15-6-4-5-7-17(15)27(29)30/h4-11H,3,13H2,1-2H3,(H,24,26,28). The zero-order chi connectivity index (χ0) is 23.8. The van der Waals surface area contributed by atoms with Gasteiger partial charge in [-0.25, -0.2) is 0 Å². The fraction of sp³-hybridized carbons (Fsp3) is 0.182. The van der Waals surface area contributed by atoms with E-state index < -0.39 is 10.8 Å². The normalized spacial score (nSPS) is 10.9. The number of methoxy groups -OCH3 is 1. The number of anilines is 1. The van der Waals surface area contributed by atoms with Gasteiger partial charge in [-0.15, -0.1) is 10.2 Å². The zero-order valence-corrected chi connectivity index (χ0v) is 18.6. The van der Waals surface area contributed by atoms with Gasteiger partial charge in [0, 0.05) is 6.07 Å². The second-order valence-electron chi connectivity index (χ2n) is 6.56. The van der Waals surface area contributed by atoms with E-state index in [-0.39, 0.29) is 17.9 Å². The topological polar surface area (TPSA) is 140 Å². The van der Waals surface area contributed by atoms with Gasteiger partial charge in [-0.3, -0.25) is 20.2 Å². The van der Waals surface area contributed by atoms with Gasteiger partial charge in [0.2, 0.25) is 5.13 Å². The van der Waals surface area contributed by atoms with E-state index in [9.17, 15) is 20.2 Å². The van der Waals surface area contributed by atoms with Crippen LogP contribution in [0.4, 0.5) is 10.8 Å². The van der Waals surface area contributed by atoms with Gasteiger partial charge in [0.25, 0.3) is 11.6 Å². The monoisotopic (exact) mass is 465 g/mol. The van der Waals surface area contributed by atoms with Crippen LogP contribution in [-0.4, -0.2) is 28.1 Å². The fourth-order valence-electron chi connectivity index (χ4n) is 2.79. The molecule has 0 aliphatic heterocycles. The Kier molecular flexibility index (Phi) is 7.67. The van der Waals surface area contributed by atoms with Crippen molar-refractivity contribution in [3.8, 4) is 17.6 Å². The van der Waals surface area contributed by atoms with Crippen LogP contribution in [0.2, 0.25) is 0 Å². The molecule has 0 spiro atoms. The number of nitrogens with zero attached hydrogens (tertiary/aromatic N) is 4. The number of nitro benzene ring substituents is 1. The highest BCUT2D eigenvalue weighted by Crippen LogP contribution is 2.31. The lowest BCUT2D eigenvalue weighted by atomic mass is 10.1. The molecule has 0 saturated carbocycles. The lowest BCUT2D eigenvalue weighted by Gasteiger charge is -2.12. The summed E-state index contributed by atoms with van der Waals surface area (Å²) in [5.41, 5.74) is 0.782. The number of carbonyl (C=O) groups is 1. The average molecular weight is 465 g/mol. The Labute approximate surface area is 193 Å². The second-order valence-corrected chi connectivity index (χ2v) is 7.63. The van der Waals surface area contributed by atoms with Crippen molar-refractivity contribution in [2.75, 3.05) is 12.4 Å². The van der Waals surface area contributed by atoms with Crippen molar-refractivity contribution >= 4 is 34.1 Å². The number of hydrogen-bond acceptors (Lipinski definition) is 9. The van der Waals surface area contributed by atoms with Crippen LogP contribution in [0.1, 0.15) is 23.1 Å². The van der Waals surface area contributed by atoms with Gasteiger partial charge in [-0.05, 0) is 36.3 Å². The molecular weight excluding hydrogens is 446 g/mol. The first-order chi connectivity index (χ1) is 15.9. The molecule has 2 aromatic carbocycles. The number of nitrogens with one attached hydrogen (secondary N) is 1. The first-order valence-corrected chi connectivity index (χ1v) is 10.6. The molecule has 1 aromatic heterocycles. The molecule has 0 fully saturated rings. The van der Waals surface area contributed by atoms with Crippen molar-refractivity contribution in [1.82, 2.24) is 10.2 Å². The van der Waals surface area contributed by atoms with Crippen LogP contribution in [0.5, 0.6) is 11.5 Å². The summed E-state index contributed by atoms with van der Waals surface area (Å²) in [6, 6.07) is 13.0. The van der Waals surface area contributed by atoms with Crippen molar-refractivity contribution < 1.29 is 19.2 Å². The number of aromatic nitrogens is 2. The van der Waals surface area contributed by atoms with Crippen molar-refractivity contribution in [2.45, 2.75) is 20.0 Å². The van der Waals surface area contributed by atoms with Crippen LogP contribution in [0.25, 0.3) is 6.08 Å². The van der Waals surface area contributed by atoms with E-state index in [0.717, 1.165) is 5.01 Å². The van der Waals surface area contributed by atoms with Crippen molar-refractivity contribution in [3.63, 3.8) is 0 Å². The van der Waals surface area contributed by atoms with E-state index in [2.05, 4.69) is 15.5 Å². The summed E-state index contributed by atoms with van der Waals surface area (Å²) in [5.74, 6) is 0.0976. The molecule has 3 aromatic rings. The van der Waals surface area contributed by atoms with Gasteiger partial charge in [0.15, 0.2) is 11.5 Å². The third kappa shape index (κ3) is 5.90. The Hall–Kier alpha value is -4.30. The Morgan fingerprint density at radius 2 is 2.06 bits per heavy atom. The minimum atomic E-state index is -0.605. The zero-order valence-electron chi connectivity index (χ0n) is 17.8. The highest BCUT2D eigenvalue weighted by atomic mass is 32.1. The number of ether oxygens (including phenoxy) is 2. The third-order valence-electron chi connectivity index (χ3n) is 4.43. The highest BCUT2D eigenvalue weighted by Gasteiger charge is 2.15. The quantitative estimate of drug-likeness (QED) is 0.215. The molecule has 0 aliphatic rings. The Morgan fingerprint density at radius 1 is 1.27 bits per heavy atom. The van der Waals surface area contributed by atoms with Crippen molar-refractivity contribution in [2.24, 2.45) is 0 Å². The molecule has 168 valence electrons. The maximum absolute atomic E-state index is 12.4. The van der Waals surface area contributed by atoms with E-state index in [1.807, 2.05) is 13.0 Å². The SMILES string of the molecule is CCc1nnc(NC(=O)C(C#N)=Cc2ccc(OCc3ccccc3[N+](=O)[O-])c(OC)c2)s1. The van der Waals surface area contributed by atoms with Crippen LogP contribution in [-0.2, 0) is 17.8 Å². The predicted octanol–water partition coefficient (Wildman–Crippen LogP) is 4.14. The number of amides is 1. The number of benzene rings is 2. The van der Waals surface area contributed by atoms with Crippen LogP contribution in [0.3, 0.4) is 0 Å². The van der Waals surface area contributed by atoms with Gasteiger partial charge in [-0.2, -0.15) is 5.26 Å². The molecule has 10 nitrogen and oxygen atoms in total. The van der Waals surface area contributed by atoms with Gasteiger partial charge in [0.05, 0.1) is 17.6 Å². The summed E-state index contributed by atoms with van der Waals surface area (Å²) in [6.07, 6.45) is 2.10. The Balaban J connectivity index is 1.76. The van der Waals surface area contributed by atoms with E-state index in [4.69, 9.17) is 9.47 Å². The number of carbonyl (C=O) groups excluding carboxylic acids is 1. The fourth-order valence-corrected chi connectivity index (χ4v) is 3.46. The van der Waals surface area contributed by atoms with E-state index in [1.54, 1.807) is 36.4 Å². The summed E-state index contributed by atoms with van der Waals surface area (Å²) >= 11 is 1.24. The third-order valence-corrected chi connectivity index (χ3v) is 5.41. The average Bonchev–Trinajstić information content (AvgIpc) is 3.28. The molecule has 0 unspecified atom stereocenters. The molecule has 0 bridgehead atoms. The number of aryl methyl sites for hydroxylation is 1. The molecular formula is C22H19N5O5S. The smallest absolute Gasteiger partial charge is 0.276 e. The first kappa shape index (κ1) is 23.4. The summed E-state index contributed by atoms with van der Waals surface area (Å²) < 4.78 is 11.1. The van der Waals surface area contributed by atoms with Gasteiger partial charge in [-0.1, -0.05) is 36.5 Å². The molecule has 1 heterocycles. The summed E-state index contributed by atoms with van der Waals surface area (Å²) in [6.45, 7) is 1.89. The minimum absolute atomic E-state index is 0.0316. The summed E-state index contributed by atoms with van der Waals surface area (Å²) in [5, 5.41) is 32.1. The van der Waals surface area contributed by atoms with Crippen LogP contribution >= 0.6 is 11.3 Å². The molecule has 11 heteroatoms. The van der Waals surface area contributed by atoms with E-state index in [1.165, 1.54) is 30.6 Å². The largest absolute Gasteiger partial charge is 0.493 e. The second kappa shape index (κ2) is 10.8. The highest BCUT2D eigenvalue weighted by molar-refractivity contribution is 7.15. The predicted molar refractivity (Wildman–Crippen MR) is 122 cm³/mol. The number of rotatable bonds is 9. The summed E-state index contributed by atoms with van der Waals surface area (Å²) in [7, 11) is 1.44. The van der Waals surface area contributed by atoms with Crippen molar-refractivity contribution in [3.05, 3.63) is 74.3 Å².